The SMILES string of the molecule is COCCOc1cccc(C(=O)NC2CC(C)(O)C2)c1. The van der Waals surface area contributed by atoms with Crippen molar-refractivity contribution in [1.82, 2.24) is 5.32 Å². The monoisotopic (exact) mass is 279 g/mol. The zero-order valence-electron chi connectivity index (χ0n) is 11.9. The Balaban J connectivity index is 1.88. The number of methoxy groups -OCH3 is 1. The van der Waals surface area contributed by atoms with Gasteiger partial charge >= 0.3 is 0 Å². The van der Waals surface area contributed by atoms with Crippen LogP contribution in [0.3, 0.4) is 0 Å². The van der Waals surface area contributed by atoms with Crippen LogP contribution in [0.1, 0.15) is 30.1 Å². The van der Waals surface area contributed by atoms with E-state index in [-0.39, 0.29) is 11.9 Å². The molecule has 0 spiro atoms. The molecular formula is C15H21NO4. The van der Waals surface area contributed by atoms with Crippen molar-refractivity contribution in [2.75, 3.05) is 20.3 Å². The van der Waals surface area contributed by atoms with Crippen LogP contribution in [0.4, 0.5) is 0 Å². The summed E-state index contributed by atoms with van der Waals surface area (Å²) in [7, 11) is 1.61. The van der Waals surface area contributed by atoms with Gasteiger partial charge in [-0.1, -0.05) is 6.07 Å². The molecule has 0 aromatic heterocycles. The van der Waals surface area contributed by atoms with Crippen LogP contribution in [0.5, 0.6) is 5.75 Å². The largest absolute Gasteiger partial charge is 0.491 e. The number of amides is 1. The number of hydrogen-bond donors (Lipinski definition) is 2. The van der Waals surface area contributed by atoms with E-state index in [1.807, 2.05) is 0 Å². The lowest BCUT2D eigenvalue weighted by Gasteiger charge is -2.41. The quantitative estimate of drug-likeness (QED) is 0.771. The molecule has 0 unspecified atom stereocenters. The summed E-state index contributed by atoms with van der Waals surface area (Å²) < 4.78 is 10.4. The van der Waals surface area contributed by atoms with Gasteiger partial charge in [0.2, 0.25) is 0 Å². The van der Waals surface area contributed by atoms with Crippen molar-refractivity contribution in [3.05, 3.63) is 29.8 Å². The minimum absolute atomic E-state index is 0.0514. The molecular weight excluding hydrogens is 258 g/mol. The van der Waals surface area contributed by atoms with Crippen molar-refractivity contribution in [1.29, 1.82) is 0 Å². The Morgan fingerprint density at radius 3 is 2.85 bits per heavy atom. The Labute approximate surface area is 118 Å². The molecule has 1 fully saturated rings. The van der Waals surface area contributed by atoms with Gasteiger partial charge in [-0.15, -0.1) is 0 Å². The van der Waals surface area contributed by atoms with Gasteiger partial charge in [-0.3, -0.25) is 4.79 Å². The van der Waals surface area contributed by atoms with E-state index in [0.29, 0.717) is 37.4 Å². The van der Waals surface area contributed by atoms with Crippen LogP contribution in [0.2, 0.25) is 0 Å². The van der Waals surface area contributed by atoms with Gasteiger partial charge in [-0.05, 0) is 38.0 Å². The molecule has 0 bridgehead atoms. The second-order valence-electron chi connectivity index (χ2n) is 5.44. The van der Waals surface area contributed by atoms with Crippen molar-refractivity contribution in [2.45, 2.75) is 31.4 Å². The lowest BCUT2D eigenvalue weighted by Crippen LogP contribution is -2.53. The maximum Gasteiger partial charge on any atom is 0.251 e. The summed E-state index contributed by atoms with van der Waals surface area (Å²) in [6.07, 6.45) is 1.20. The molecule has 1 aromatic rings. The first-order valence-corrected chi connectivity index (χ1v) is 6.75. The van der Waals surface area contributed by atoms with Crippen LogP contribution in [0.15, 0.2) is 24.3 Å². The maximum absolute atomic E-state index is 12.1. The summed E-state index contributed by atoms with van der Waals surface area (Å²) in [5.74, 6) is 0.512. The van der Waals surface area contributed by atoms with E-state index in [1.54, 1.807) is 38.3 Å². The molecule has 1 amide bonds. The average molecular weight is 279 g/mol. The Kier molecular flexibility index (Phi) is 4.62. The molecule has 0 atom stereocenters. The number of aliphatic hydroxyl groups is 1. The van der Waals surface area contributed by atoms with E-state index in [9.17, 15) is 9.90 Å². The molecule has 2 N–H and O–H groups in total. The van der Waals surface area contributed by atoms with Crippen molar-refractivity contribution >= 4 is 5.91 Å². The first kappa shape index (κ1) is 14.8. The van der Waals surface area contributed by atoms with Gasteiger partial charge in [0.15, 0.2) is 0 Å². The highest BCUT2D eigenvalue weighted by molar-refractivity contribution is 5.94. The molecule has 0 aliphatic heterocycles. The minimum atomic E-state index is -0.636. The third kappa shape index (κ3) is 3.95. The summed E-state index contributed by atoms with van der Waals surface area (Å²) >= 11 is 0. The fourth-order valence-corrected chi connectivity index (χ4v) is 2.34. The summed E-state index contributed by atoms with van der Waals surface area (Å²) in [6, 6.07) is 7.10. The normalized spacial score (nSPS) is 24.9. The zero-order valence-corrected chi connectivity index (χ0v) is 11.9. The summed E-state index contributed by atoms with van der Waals surface area (Å²) in [6.45, 7) is 2.74. The van der Waals surface area contributed by atoms with Gasteiger partial charge in [0, 0.05) is 18.7 Å². The number of rotatable bonds is 6. The predicted molar refractivity (Wildman–Crippen MR) is 74.9 cm³/mol. The minimum Gasteiger partial charge on any atom is -0.491 e. The first-order valence-electron chi connectivity index (χ1n) is 6.75. The molecule has 0 heterocycles. The zero-order chi connectivity index (χ0) is 14.6. The molecule has 2 rings (SSSR count). The Morgan fingerprint density at radius 2 is 2.20 bits per heavy atom. The van der Waals surface area contributed by atoms with Crippen molar-refractivity contribution in [3.8, 4) is 5.75 Å². The fourth-order valence-electron chi connectivity index (χ4n) is 2.34. The smallest absolute Gasteiger partial charge is 0.251 e. The van der Waals surface area contributed by atoms with E-state index in [0.717, 1.165) is 0 Å². The van der Waals surface area contributed by atoms with Gasteiger partial charge < -0.3 is 19.9 Å². The average Bonchev–Trinajstić information content (AvgIpc) is 2.37. The molecule has 5 nitrogen and oxygen atoms in total. The van der Waals surface area contributed by atoms with Crippen molar-refractivity contribution in [2.24, 2.45) is 0 Å². The van der Waals surface area contributed by atoms with E-state index in [1.165, 1.54) is 0 Å². The van der Waals surface area contributed by atoms with E-state index >= 15 is 0 Å². The second kappa shape index (κ2) is 6.24. The highest BCUT2D eigenvalue weighted by Crippen LogP contribution is 2.31. The molecule has 1 aliphatic carbocycles. The molecule has 0 saturated heterocycles. The number of hydrogen-bond acceptors (Lipinski definition) is 4. The summed E-state index contributed by atoms with van der Waals surface area (Å²) in [4.78, 5) is 12.1. The third-order valence-corrected chi connectivity index (χ3v) is 3.36. The Morgan fingerprint density at radius 1 is 1.45 bits per heavy atom. The lowest BCUT2D eigenvalue weighted by molar-refractivity contribution is -0.0366. The molecule has 1 aromatic carbocycles. The van der Waals surface area contributed by atoms with Crippen LogP contribution >= 0.6 is 0 Å². The van der Waals surface area contributed by atoms with Crippen LogP contribution < -0.4 is 10.1 Å². The van der Waals surface area contributed by atoms with E-state index < -0.39 is 5.60 Å². The van der Waals surface area contributed by atoms with E-state index in [2.05, 4.69) is 5.32 Å². The summed E-state index contributed by atoms with van der Waals surface area (Å²) in [5.41, 5.74) is -0.0743. The maximum atomic E-state index is 12.1. The van der Waals surface area contributed by atoms with Gasteiger partial charge in [0.05, 0.1) is 12.2 Å². The van der Waals surface area contributed by atoms with Gasteiger partial charge in [0.1, 0.15) is 12.4 Å². The molecule has 110 valence electrons. The Bertz CT molecular complexity index is 465. The Hall–Kier alpha value is -1.59. The van der Waals surface area contributed by atoms with Gasteiger partial charge in [-0.2, -0.15) is 0 Å². The third-order valence-electron chi connectivity index (χ3n) is 3.36. The number of nitrogens with one attached hydrogen (secondary N) is 1. The van der Waals surface area contributed by atoms with E-state index in [4.69, 9.17) is 9.47 Å². The van der Waals surface area contributed by atoms with Crippen molar-refractivity contribution < 1.29 is 19.4 Å². The number of carbonyl (C=O) groups excluding carboxylic acids is 1. The molecule has 0 radical (unpaired) electrons. The second-order valence-corrected chi connectivity index (χ2v) is 5.44. The predicted octanol–water partition coefficient (Wildman–Crippen LogP) is 1.36. The summed E-state index contributed by atoms with van der Waals surface area (Å²) in [5, 5.41) is 12.6. The number of benzene rings is 1. The van der Waals surface area contributed by atoms with Crippen molar-refractivity contribution in [3.63, 3.8) is 0 Å². The number of ether oxygens (including phenoxy) is 2. The van der Waals surface area contributed by atoms with Gasteiger partial charge in [-0.25, -0.2) is 0 Å². The molecule has 1 aliphatic rings. The first-order chi connectivity index (χ1) is 9.50. The topological polar surface area (TPSA) is 67.8 Å². The highest BCUT2D eigenvalue weighted by Gasteiger charge is 2.39. The molecule has 20 heavy (non-hydrogen) atoms. The highest BCUT2D eigenvalue weighted by atomic mass is 16.5. The fraction of sp³-hybridized carbons (Fsp3) is 0.533. The van der Waals surface area contributed by atoms with Crippen LogP contribution in [-0.2, 0) is 4.74 Å². The standard InChI is InChI=1S/C15H21NO4/c1-15(18)9-12(10-15)16-14(17)11-4-3-5-13(8-11)20-7-6-19-2/h3-5,8,12,18H,6-7,9-10H2,1-2H3,(H,16,17). The lowest BCUT2D eigenvalue weighted by atomic mass is 9.77. The van der Waals surface area contributed by atoms with Crippen LogP contribution in [0.25, 0.3) is 0 Å². The molecule has 1 saturated carbocycles. The van der Waals surface area contributed by atoms with Gasteiger partial charge in [0.25, 0.3) is 5.91 Å². The van der Waals surface area contributed by atoms with Crippen LogP contribution in [0, 0.1) is 0 Å². The molecule has 5 heteroatoms. The van der Waals surface area contributed by atoms with Crippen LogP contribution in [-0.4, -0.2) is 43.0 Å². The number of carbonyl (C=O) groups is 1.